The maximum atomic E-state index is 12.3. The van der Waals surface area contributed by atoms with Gasteiger partial charge in [-0.3, -0.25) is 4.79 Å². The molecule has 23 heavy (non-hydrogen) atoms. The molecule has 1 fully saturated rings. The van der Waals surface area contributed by atoms with Gasteiger partial charge < -0.3 is 14.4 Å². The zero-order chi connectivity index (χ0) is 15.5. The third-order valence-electron chi connectivity index (χ3n) is 4.12. The number of hydrogen-bond acceptors (Lipinski definition) is 5. The van der Waals surface area contributed by atoms with Gasteiger partial charge in [0, 0.05) is 24.4 Å². The van der Waals surface area contributed by atoms with E-state index in [0.717, 1.165) is 13.1 Å². The Balaban J connectivity index is 0.00000192. The van der Waals surface area contributed by atoms with Crippen molar-refractivity contribution in [2.24, 2.45) is 0 Å². The third-order valence-corrected chi connectivity index (χ3v) is 4.12. The number of piperidine rings is 1. The molecule has 3 rings (SSSR count). The number of aromatic hydroxyl groups is 1. The van der Waals surface area contributed by atoms with Crippen molar-refractivity contribution in [3.63, 3.8) is 0 Å². The molecule has 1 aliphatic rings. The molecule has 1 aromatic heterocycles. The summed E-state index contributed by atoms with van der Waals surface area (Å²) in [6.07, 6.45) is 3.94. The zero-order valence-corrected chi connectivity index (χ0v) is 13.6. The molecule has 0 amide bonds. The minimum atomic E-state index is -0.637. The number of rotatable bonds is 4. The van der Waals surface area contributed by atoms with Crippen LogP contribution in [0, 0.1) is 0 Å². The lowest BCUT2D eigenvalue weighted by Crippen LogP contribution is -2.32. The van der Waals surface area contributed by atoms with Crippen LogP contribution in [-0.4, -0.2) is 35.4 Å². The Morgan fingerprint density at radius 3 is 2.65 bits per heavy atom. The van der Waals surface area contributed by atoms with Crippen LogP contribution >= 0.6 is 12.4 Å². The highest BCUT2D eigenvalue weighted by Crippen LogP contribution is 2.19. The van der Waals surface area contributed by atoms with Crippen molar-refractivity contribution in [2.75, 3.05) is 19.6 Å². The molecule has 0 saturated carbocycles. The van der Waals surface area contributed by atoms with Gasteiger partial charge in [0.25, 0.3) is 0 Å². The van der Waals surface area contributed by atoms with E-state index in [1.165, 1.54) is 31.4 Å². The molecule has 2 aromatic rings. The molecule has 1 aromatic carbocycles. The van der Waals surface area contributed by atoms with Crippen molar-refractivity contribution >= 4 is 29.2 Å². The van der Waals surface area contributed by atoms with E-state index in [4.69, 9.17) is 4.42 Å². The molecule has 1 N–H and O–H groups in total. The molecule has 0 unspecified atom stereocenters. The minimum Gasteiger partial charge on any atom is -0.508 e. The Labute approximate surface area is 140 Å². The molecular formula is C17H20ClNO4. The largest absolute Gasteiger partial charge is 0.508 e. The van der Waals surface area contributed by atoms with Gasteiger partial charge in [-0.05, 0) is 44.1 Å². The van der Waals surface area contributed by atoms with Gasteiger partial charge in [0.05, 0.1) is 0 Å². The number of ketones is 1. The SMILES string of the molecule is Cl.O=C(CCN1CCCCC1)c1cc2ccc(O)cc2oc1=O. The van der Waals surface area contributed by atoms with Crippen LogP contribution in [0.1, 0.15) is 36.0 Å². The minimum absolute atomic E-state index is 0. The van der Waals surface area contributed by atoms with E-state index in [1.807, 2.05) is 0 Å². The Morgan fingerprint density at radius 1 is 1.17 bits per heavy atom. The fraction of sp³-hybridized carbons (Fsp3) is 0.412. The topological polar surface area (TPSA) is 70.8 Å². The summed E-state index contributed by atoms with van der Waals surface area (Å²) in [5.74, 6) is -0.158. The van der Waals surface area contributed by atoms with Gasteiger partial charge in [-0.1, -0.05) is 6.42 Å². The van der Waals surface area contributed by atoms with Gasteiger partial charge in [-0.25, -0.2) is 4.79 Å². The monoisotopic (exact) mass is 337 g/mol. The lowest BCUT2D eigenvalue weighted by molar-refractivity contribution is 0.0955. The Hall–Kier alpha value is -1.85. The lowest BCUT2D eigenvalue weighted by atomic mass is 10.1. The molecule has 1 saturated heterocycles. The fourth-order valence-corrected chi connectivity index (χ4v) is 2.87. The van der Waals surface area contributed by atoms with Gasteiger partial charge in [0.2, 0.25) is 0 Å². The molecule has 0 spiro atoms. The van der Waals surface area contributed by atoms with E-state index in [-0.39, 0.29) is 35.1 Å². The molecule has 124 valence electrons. The second-order valence-corrected chi connectivity index (χ2v) is 5.75. The van der Waals surface area contributed by atoms with Gasteiger partial charge in [-0.15, -0.1) is 12.4 Å². The average molecular weight is 338 g/mol. The number of halogens is 1. The van der Waals surface area contributed by atoms with Crippen LogP contribution < -0.4 is 5.63 Å². The maximum absolute atomic E-state index is 12.3. The summed E-state index contributed by atoms with van der Waals surface area (Å²) in [7, 11) is 0. The average Bonchev–Trinajstić information content (AvgIpc) is 2.53. The van der Waals surface area contributed by atoms with E-state index in [0.29, 0.717) is 18.4 Å². The van der Waals surface area contributed by atoms with Crippen LogP contribution in [0.4, 0.5) is 0 Å². The van der Waals surface area contributed by atoms with E-state index in [2.05, 4.69) is 4.90 Å². The smallest absolute Gasteiger partial charge is 0.347 e. The molecule has 2 heterocycles. The Bertz CT molecular complexity index is 750. The Morgan fingerprint density at radius 2 is 1.91 bits per heavy atom. The number of Topliss-reactive ketones (excluding diaryl/α,β-unsaturated/α-hetero) is 1. The number of carbonyl (C=O) groups is 1. The first-order chi connectivity index (χ1) is 10.6. The summed E-state index contributed by atoms with van der Waals surface area (Å²) >= 11 is 0. The van der Waals surface area contributed by atoms with Crippen LogP contribution in [0.5, 0.6) is 5.75 Å². The van der Waals surface area contributed by atoms with Crippen LogP contribution in [0.2, 0.25) is 0 Å². The summed E-state index contributed by atoms with van der Waals surface area (Å²) in [6.45, 7) is 2.74. The van der Waals surface area contributed by atoms with Crippen molar-refractivity contribution in [3.05, 3.63) is 40.2 Å². The molecule has 0 aliphatic carbocycles. The predicted octanol–water partition coefficient (Wildman–Crippen LogP) is 2.98. The lowest BCUT2D eigenvalue weighted by Gasteiger charge is -2.25. The summed E-state index contributed by atoms with van der Waals surface area (Å²) in [5.41, 5.74) is -0.255. The van der Waals surface area contributed by atoms with Gasteiger partial charge in [0.15, 0.2) is 5.78 Å². The van der Waals surface area contributed by atoms with Gasteiger partial charge >= 0.3 is 5.63 Å². The van der Waals surface area contributed by atoms with Crippen molar-refractivity contribution in [1.29, 1.82) is 0 Å². The zero-order valence-electron chi connectivity index (χ0n) is 12.8. The summed E-state index contributed by atoms with van der Waals surface area (Å²) < 4.78 is 5.14. The van der Waals surface area contributed by atoms with Crippen LogP contribution in [0.15, 0.2) is 33.5 Å². The van der Waals surface area contributed by atoms with Crippen molar-refractivity contribution < 1.29 is 14.3 Å². The first-order valence-electron chi connectivity index (χ1n) is 7.66. The normalized spacial score (nSPS) is 15.3. The number of hydrogen-bond donors (Lipinski definition) is 1. The molecule has 5 nitrogen and oxygen atoms in total. The molecular weight excluding hydrogens is 318 g/mol. The summed E-state index contributed by atoms with van der Waals surface area (Å²) in [6, 6.07) is 6.07. The van der Waals surface area contributed by atoms with E-state index < -0.39 is 5.63 Å². The number of phenolic OH excluding ortho intramolecular Hbond substituents is 1. The van der Waals surface area contributed by atoms with E-state index in [1.54, 1.807) is 12.1 Å². The number of benzene rings is 1. The molecule has 0 radical (unpaired) electrons. The fourth-order valence-electron chi connectivity index (χ4n) is 2.87. The van der Waals surface area contributed by atoms with Gasteiger partial charge in [-0.2, -0.15) is 0 Å². The standard InChI is InChI=1S/C17H19NO4.ClH/c19-13-5-4-12-10-14(17(21)22-16(12)11-13)15(20)6-9-18-7-2-1-3-8-18;/h4-5,10-11,19H,1-3,6-9H2;1H. The molecule has 1 aliphatic heterocycles. The second kappa shape index (κ2) is 7.62. The summed E-state index contributed by atoms with van der Waals surface area (Å²) in [4.78, 5) is 26.5. The highest BCUT2D eigenvalue weighted by Gasteiger charge is 2.16. The van der Waals surface area contributed by atoms with Crippen molar-refractivity contribution in [1.82, 2.24) is 4.90 Å². The Kier molecular flexibility index (Phi) is 5.80. The van der Waals surface area contributed by atoms with Gasteiger partial charge in [0.1, 0.15) is 16.9 Å². The first-order valence-corrected chi connectivity index (χ1v) is 7.66. The molecule has 0 bridgehead atoms. The van der Waals surface area contributed by atoms with E-state index >= 15 is 0 Å². The quantitative estimate of drug-likeness (QED) is 0.686. The van der Waals surface area contributed by atoms with Crippen LogP contribution in [0.25, 0.3) is 11.0 Å². The first kappa shape index (κ1) is 17.5. The number of fused-ring (bicyclic) bond motifs is 1. The number of likely N-dealkylation sites (tertiary alicyclic amines) is 1. The predicted molar refractivity (Wildman–Crippen MR) is 90.6 cm³/mol. The third kappa shape index (κ3) is 4.12. The van der Waals surface area contributed by atoms with E-state index in [9.17, 15) is 14.7 Å². The highest BCUT2D eigenvalue weighted by molar-refractivity contribution is 5.98. The number of phenols is 1. The highest BCUT2D eigenvalue weighted by atomic mass is 35.5. The molecule has 0 atom stereocenters. The molecule has 6 heteroatoms. The number of nitrogens with zero attached hydrogens (tertiary/aromatic N) is 1. The van der Waals surface area contributed by atoms with Crippen LogP contribution in [0.3, 0.4) is 0 Å². The maximum Gasteiger partial charge on any atom is 0.347 e. The van der Waals surface area contributed by atoms with Crippen molar-refractivity contribution in [2.45, 2.75) is 25.7 Å². The van der Waals surface area contributed by atoms with Crippen molar-refractivity contribution in [3.8, 4) is 5.75 Å². The number of carbonyl (C=O) groups excluding carboxylic acids is 1. The second-order valence-electron chi connectivity index (χ2n) is 5.75. The van der Waals surface area contributed by atoms with Crippen LogP contribution in [-0.2, 0) is 0 Å². The summed E-state index contributed by atoms with van der Waals surface area (Å²) in [5, 5.41) is 10.0.